The van der Waals surface area contributed by atoms with Crippen molar-refractivity contribution in [2.75, 3.05) is 28.4 Å². The van der Waals surface area contributed by atoms with E-state index in [0.29, 0.717) is 9.13 Å². The van der Waals surface area contributed by atoms with Gasteiger partial charge in [-0.25, -0.2) is 19.0 Å². The summed E-state index contributed by atoms with van der Waals surface area (Å²) in [6, 6.07) is 0. The van der Waals surface area contributed by atoms with Crippen molar-refractivity contribution in [3.05, 3.63) is 44.1 Å². The molecule has 0 aliphatic carbocycles. The lowest BCUT2D eigenvalue weighted by atomic mass is 10.6. The molecular formula is C12H19N3O7. The van der Waals surface area contributed by atoms with Crippen molar-refractivity contribution in [2.45, 2.75) is 19.4 Å². The molecule has 0 aliphatic heterocycles. The van der Waals surface area contributed by atoms with Crippen LogP contribution in [0.3, 0.4) is 0 Å². The van der Waals surface area contributed by atoms with Crippen molar-refractivity contribution < 1.29 is 18.9 Å². The van der Waals surface area contributed by atoms with E-state index in [4.69, 9.17) is 18.9 Å². The average molecular weight is 317 g/mol. The van der Waals surface area contributed by atoms with Gasteiger partial charge in [0.15, 0.2) is 0 Å². The van der Waals surface area contributed by atoms with Crippen LogP contribution in [-0.2, 0) is 25.5 Å². The standard InChI is InChI=1S/C12H19N3O7/c1-6-7-13-8(16)14(11(19-2)20-3)10(18)15(9(13)17)12(21-4)22-5/h6,11-12H,1,7H2,2-5H3. The van der Waals surface area contributed by atoms with E-state index in [-0.39, 0.29) is 6.54 Å². The Morgan fingerprint density at radius 2 is 1.23 bits per heavy atom. The van der Waals surface area contributed by atoms with E-state index in [1.807, 2.05) is 0 Å². The molecule has 0 atom stereocenters. The van der Waals surface area contributed by atoms with E-state index in [1.54, 1.807) is 0 Å². The summed E-state index contributed by atoms with van der Waals surface area (Å²) in [4.78, 5) is 37.1. The van der Waals surface area contributed by atoms with E-state index in [1.165, 1.54) is 34.5 Å². The highest BCUT2D eigenvalue weighted by molar-refractivity contribution is 4.83. The first-order valence-electron chi connectivity index (χ1n) is 6.18. The van der Waals surface area contributed by atoms with Crippen LogP contribution in [0.2, 0.25) is 0 Å². The summed E-state index contributed by atoms with van der Waals surface area (Å²) in [6.45, 7) is 3.36. The maximum absolute atomic E-state index is 12.5. The average Bonchev–Trinajstić information content (AvgIpc) is 2.52. The molecule has 0 saturated carbocycles. The van der Waals surface area contributed by atoms with Crippen molar-refractivity contribution in [2.24, 2.45) is 0 Å². The second kappa shape index (κ2) is 7.84. The van der Waals surface area contributed by atoms with Gasteiger partial charge in [0.1, 0.15) is 0 Å². The minimum absolute atomic E-state index is 0.113. The van der Waals surface area contributed by atoms with Crippen molar-refractivity contribution >= 4 is 0 Å². The number of hydrogen-bond acceptors (Lipinski definition) is 7. The van der Waals surface area contributed by atoms with Gasteiger partial charge in [-0.3, -0.25) is 0 Å². The maximum Gasteiger partial charge on any atom is 0.344 e. The molecule has 22 heavy (non-hydrogen) atoms. The molecule has 0 aromatic carbocycles. The monoisotopic (exact) mass is 317 g/mol. The SMILES string of the molecule is C=CCn1c(=O)n(C(OC)OC)c(=O)n(C(OC)OC)c1=O. The third-order valence-electron chi connectivity index (χ3n) is 2.83. The molecule has 10 nitrogen and oxygen atoms in total. The number of allylic oxidation sites excluding steroid dienone is 1. The number of ether oxygens (including phenoxy) is 4. The molecule has 0 spiro atoms. The Kier molecular flexibility index (Phi) is 6.43. The van der Waals surface area contributed by atoms with Crippen LogP contribution in [0.15, 0.2) is 27.0 Å². The minimum atomic E-state index is -1.31. The molecule has 0 radical (unpaired) electrons. The molecule has 1 heterocycles. The predicted molar refractivity (Wildman–Crippen MR) is 75.5 cm³/mol. The summed E-state index contributed by atoms with van der Waals surface area (Å²) >= 11 is 0. The molecule has 1 aromatic rings. The molecule has 0 N–H and O–H groups in total. The van der Waals surface area contributed by atoms with Gasteiger partial charge in [0, 0.05) is 28.4 Å². The van der Waals surface area contributed by atoms with Crippen molar-refractivity contribution in [1.82, 2.24) is 13.7 Å². The Hall–Kier alpha value is -2.01. The summed E-state index contributed by atoms with van der Waals surface area (Å²) in [5.74, 6) is 0. The van der Waals surface area contributed by atoms with Gasteiger partial charge in [0.25, 0.3) is 12.8 Å². The molecular weight excluding hydrogens is 298 g/mol. The number of aromatic nitrogens is 3. The lowest BCUT2D eigenvalue weighted by Crippen LogP contribution is -2.57. The fourth-order valence-electron chi connectivity index (χ4n) is 1.88. The Labute approximate surface area is 125 Å². The van der Waals surface area contributed by atoms with Crippen molar-refractivity contribution in [1.29, 1.82) is 0 Å². The smallest absolute Gasteiger partial charge is 0.338 e. The lowest BCUT2D eigenvalue weighted by Gasteiger charge is -2.21. The minimum Gasteiger partial charge on any atom is -0.338 e. The highest BCUT2D eigenvalue weighted by atomic mass is 16.7. The second-order valence-corrected chi connectivity index (χ2v) is 4.04. The molecule has 0 bridgehead atoms. The molecule has 10 heteroatoms. The van der Waals surface area contributed by atoms with Gasteiger partial charge in [0.05, 0.1) is 6.54 Å². The number of nitrogens with zero attached hydrogens (tertiary/aromatic N) is 3. The third-order valence-corrected chi connectivity index (χ3v) is 2.83. The Balaban J connectivity index is 3.86. The van der Waals surface area contributed by atoms with Crippen LogP contribution in [0.4, 0.5) is 0 Å². The molecule has 0 saturated heterocycles. The first-order valence-corrected chi connectivity index (χ1v) is 6.18. The molecule has 0 amide bonds. The number of methoxy groups -OCH3 is 4. The van der Waals surface area contributed by atoms with Gasteiger partial charge in [-0.15, -0.1) is 6.58 Å². The summed E-state index contributed by atoms with van der Waals surface area (Å²) in [7, 11) is 4.99. The van der Waals surface area contributed by atoms with Crippen LogP contribution in [-0.4, -0.2) is 42.1 Å². The van der Waals surface area contributed by atoms with Crippen molar-refractivity contribution in [3.63, 3.8) is 0 Å². The summed E-state index contributed by atoms with van der Waals surface area (Å²) in [6.07, 6.45) is -1.28. The first-order chi connectivity index (χ1) is 10.5. The molecule has 124 valence electrons. The van der Waals surface area contributed by atoms with Gasteiger partial charge in [-0.05, 0) is 0 Å². The zero-order valence-corrected chi connectivity index (χ0v) is 12.8. The first kappa shape index (κ1) is 18.0. The Morgan fingerprint density at radius 1 is 0.864 bits per heavy atom. The Bertz CT molecular complexity index is 629. The van der Waals surface area contributed by atoms with Crippen LogP contribution in [0.1, 0.15) is 12.8 Å². The van der Waals surface area contributed by atoms with Crippen LogP contribution in [0.5, 0.6) is 0 Å². The van der Waals surface area contributed by atoms with E-state index >= 15 is 0 Å². The van der Waals surface area contributed by atoms with Crippen LogP contribution in [0.25, 0.3) is 0 Å². The summed E-state index contributed by atoms with van der Waals surface area (Å²) < 4.78 is 21.8. The van der Waals surface area contributed by atoms with Gasteiger partial charge >= 0.3 is 17.1 Å². The van der Waals surface area contributed by atoms with Crippen LogP contribution in [0, 0.1) is 0 Å². The quantitative estimate of drug-likeness (QED) is 0.441. The van der Waals surface area contributed by atoms with Gasteiger partial charge in [0.2, 0.25) is 0 Å². The van der Waals surface area contributed by atoms with E-state index < -0.39 is 29.9 Å². The van der Waals surface area contributed by atoms with Gasteiger partial charge in [-0.1, -0.05) is 6.08 Å². The molecule has 1 rings (SSSR count). The lowest BCUT2D eigenvalue weighted by molar-refractivity contribution is -0.177. The summed E-state index contributed by atoms with van der Waals surface area (Å²) in [5.41, 5.74) is -2.78. The highest BCUT2D eigenvalue weighted by Gasteiger charge is 2.25. The van der Waals surface area contributed by atoms with Gasteiger partial charge in [-0.2, -0.15) is 9.13 Å². The fraction of sp³-hybridized carbons (Fsp3) is 0.583. The van der Waals surface area contributed by atoms with Crippen LogP contribution < -0.4 is 17.1 Å². The summed E-state index contributed by atoms with van der Waals surface area (Å²) in [5, 5.41) is 0. The Morgan fingerprint density at radius 3 is 1.50 bits per heavy atom. The topological polar surface area (TPSA) is 103 Å². The van der Waals surface area contributed by atoms with Gasteiger partial charge < -0.3 is 18.9 Å². The van der Waals surface area contributed by atoms with E-state index in [0.717, 1.165) is 4.57 Å². The van der Waals surface area contributed by atoms with E-state index in [2.05, 4.69) is 6.58 Å². The second-order valence-electron chi connectivity index (χ2n) is 4.04. The molecule has 0 fully saturated rings. The zero-order valence-electron chi connectivity index (χ0n) is 12.8. The third kappa shape index (κ3) is 3.09. The fourth-order valence-corrected chi connectivity index (χ4v) is 1.88. The van der Waals surface area contributed by atoms with Crippen LogP contribution >= 0.6 is 0 Å². The van der Waals surface area contributed by atoms with E-state index in [9.17, 15) is 14.4 Å². The molecule has 0 aliphatic rings. The number of rotatable bonds is 8. The maximum atomic E-state index is 12.5. The van der Waals surface area contributed by atoms with Crippen molar-refractivity contribution in [3.8, 4) is 0 Å². The zero-order chi connectivity index (χ0) is 16.9. The predicted octanol–water partition coefficient (Wildman–Crippen LogP) is -1.14. The molecule has 1 aromatic heterocycles. The highest BCUT2D eigenvalue weighted by Crippen LogP contribution is 2.04. The molecule has 0 unspecified atom stereocenters. The largest absolute Gasteiger partial charge is 0.344 e. The number of hydrogen-bond donors (Lipinski definition) is 0. The normalized spacial score (nSPS) is 11.4.